The predicted molar refractivity (Wildman–Crippen MR) is 129 cm³/mol. The van der Waals surface area contributed by atoms with Gasteiger partial charge in [-0.3, -0.25) is 4.90 Å². The van der Waals surface area contributed by atoms with E-state index in [1.807, 2.05) is 24.3 Å². The molecule has 1 N–H and O–H groups in total. The van der Waals surface area contributed by atoms with Crippen LogP contribution in [0, 0.1) is 5.92 Å². The number of carbonyl (C=O) groups is 1. The van der Waals surface area contributed by atoms with Gasteiger partial charge < -0.3 is 19.7 Å². The number of hydrogen-bond acceptors (Lipinski definition) is 4. The molecule has 3 atom stereocenters. The second-order valence-corrected chi connectivity index (χ2v) is 9.50. The van der Waals surface area contributed by atoms with Crippen molar-refractivity contribution < 1.29 is 14.3 Å². The summed E-state index contributed by atoms with van der Waals surface area (Å²) in [5.41, 5.74) is 3.87. The van der Waals surface area contributed by atoms with Gasteiger partial charge in [-0.2, -0.15) is 0 Å². The summed E-state index contributed by atoms with van der Waals surface area (Å²) in [6.45, 7) is 3.63. The fourth-order valence-corrected chi connectivity index (χ4v) is 6.19. The molecule has 0 bridgehead atoms. The van der Waals surface area contributed by atoms with Gasteiger partial charge in [0.05, 0.1) is 14.2 Å². The van der Waals surface area contributed by atoms with Gasteiger partial charge in [0.2, 0.25) is 0 Å². The Balaban J connectivity index is 1.31. The van der Waals surface area contributed by atoms with E-state index in [0.29, 0.717) is 18.5 Å². The summed E-state index contributed by atoms with van der Waals surface area (Å²) in [4.78, 5) is 18.0. The molecule has 3 aliphatic rings. The molecule has 33 heavy (non-hydrogen) atoms. The second-order valence-electron chi connectivity index (χ2n) is 9.50. The van der Waals surface area contributed by atoms with Crippen LogP contribution < -0.4 is 14.8 Å². The van der Waals surface area contributed by atoms with Crippen molar-refractivity contribution in [2.75, 3.05) is 40.4 Å². The van der Waals surface area contributed by atoms with Gasteiger partial charge in [-0.05, 0) is 55.2 Å². The van der Waals surface area contributed by atoms with Gasteiger partial charge in [-0.15, -0.1) is 0 Å². The number of rotatable bonds is 5. The average Bonchev–Trinajstić information content (AvgIpc) is 2.86. The van der Waals surface area contributed by atoms with Crippen LogP contribution >= 0.6 is 0 Å². The minimum absolute atomic E-state index is 0.0948. The topological polar surface area (TPSA) is 54.0 Å². The average molecular weight is 450 g/mol. The summed E-state index contributed by atoms with van der Waals surface area (Å²) < 4.78 is 11.3. The minimum Gasteiger partial charge on any atom is -0.493 e. The zero-order valence-electron chi connectivity index (χ0n) is 19.8. The maximum atomic E-state index is 13.2. The molecule has 0 aromatic heterocycles. The van der Waals surface area contributed by atoms with E-state index in [1.165, 1.54) is 23.1 Å². The van der Waals surface area contributed by atoms with E-state index in [1.54, 1.807) is 14.2 Å². The normalized spacial score (nSPS) is 24.3. The van der Waals surface area contributed by atoms with Crippen LogP contribution in [0.2, 0.25) is 0 Å². The van der Waals surface area contributed by atoms with E-state index in [9.17, 15) is 4.79 Å². The molecule has 6 nitrogen and oxygen atoms in total. The zero-order chi connectivity index (χ0) is 22.8. The first-order valence-electron chi connectivity index (χ1n) is 12.3. The number of nitrogens with one attached hydrogen (secondary N) is 1. The van der Waals surface area contributed by atoms with Crippen LogP contribution in [0.3, 0.4) is 0 Å². The lowest BCUT2D eigenvalue weighted by Crippen LogP contribution is -2.59. The Bertz CT molecular complexity index is 980. The largest absolute Gasteiger partial charge is 0.493 e. The maximum Gasteiger partial charge on any atom is 0.317 e. The fraction of sp³-hybridized carbons (Fsp3) is 0.519. The number of carbonyl (C=O) groups excluding carboxylic acids is 1. The number of likely N-dealkylation sites (tertiary alicyclic amines) is 1. The highest BCUT2D eigenvalue weighted by Gasteiger charge is 2.44. The molecule has 2 amide bonds. The molecule has 0 saturated carbocycles. The monoisotopic (exact) mass is 449 g/mol. The van der Waals surface area contributed by atoms with Crippen LogP contribution in [0.5, 0.6) is 11.5 Å². The van der Waals surface area contributed by atoms with E-state index < -0.39 is 0 Å². The third kappa shape index (κ3) is 4.29. The van der Waals surface area contributed by atoms with Crippen molar-refractivity contribution in [2.45, 2.75) is 44.2 Å². The molecule has 3 aliphatic heterocycles. The van der Waals surface area contributed by atoms with Crippen LogP contribution in [-0.4, -0.2) is 62.3 Å². The molecular weight excluding hydrogens is 414 g/mol. The van der Waals surface area contributed by atoms with Gasteiger partial charge in [-0.25, -0.2) is 4.79 Å². The van der Waals surface area contributed by atoms with E-state index in [0.717, 1.165) is 56.8 Å². The van der Waals surface area contributed by atoms with Crippen molar-refractivity contribution >= 4 is 6.03 Å². The van der Waals surface area contributed by atoms with Crippen molar-refractivity contribution in [2.24, 2.45) is 5.92 Å². The SMILES string of the molecule is COc1ccc2c(c1OC)CCN1C[C@H]3CCCN(C(=O)NCCc4ccccc4)[C@H]3C[C@@H]21. The molecule has 5 rings (SSSR count). The molecule has 0 spiro atoms. The summed E-state index contributed by atoms with van der Waals surface area (Å²) in [7, 11) is 3.42. The third-order valence-electron chi connectivity index (χ3n) is 7.78. The number of nitrogens with zero attached hydrogens (tertiary/aromatic N) is 2. The Morgan fingerprint density at radius 1 is 1.09 bits per heavy atom. The van der Waals surface area contributed by atoms with Gasteiger partial charge >= 0.3 is 6.03 Å². The van der Waals surface area contributed by atoms with Crippen molar-refractivity contribution in [3.05, 3.63) is 59.2 Å². The maximum absolute atomic E-state index is 13.2. The molecule has 176 valence electrons. The number of ether oxygens (including phenoxy) is 2. The Morgan fingerprint density at radius 3 is 2.73 bits per heavy atom. The molecule has 2 aromatic rings. The first-order chi connectivity index (χ1) is 16.2. The van der Waals surface area contributed by atoms with E-state index in [4.69, 9.17) is 9.47 Å². The molecule has 2 fully saturated rings. The molecule has 2 aromatic carbocycles. The Labute approximate surface area is 196 Å². The highest BCUT2D eigenvalue weighted by Crippen LogP contribution is 2.46. The molecule has 0 unspecified atom stereocenters. The lowest BCUT2D eigenvalue weighted by atomic mass is 9.76. The molecule has 0 radical (unpaired) electrons. The summed E-state index contributed by atoms with van der Waals surface area (Å²) >= 11 is 0. The lowest BCUT2D eigenvalue weighted by Gasteiger charge is -2.52. The van der Waals surface area contributed by atoms with Crippen LogP contribution in [0.15, 0.2) is 42.5 Å². The zero-order valence-corrected chi connectivity index (χ0v) is 19.8. The Kier molecular flexibility index (Phi) is 6.45. The number of methoxy groups -OCH3 is 2. The van der Waals surface area contributed by atoms with Crippen LogP contribution in [0.1, 0.15) is 42.0 Å². The van der Waals surface area contributed by atoms with Crippen molar-refractivity contribution in [1.29, 1.82) is 0 Å². The number of piperidine rings is 2. The first kappa shape index (κ1) is 22.1. The van der Waals surface area contributed by atoms with Crippen molar-refractivity contribution in [3.63, 3.8) is 0 Å². The number of urea groups is 1. The van der Waals surface area contributed by atoms with Gasteiger partial charge in [-0.1, -0.05) is 36.4 Å². The van der Waals surface area contributed by atoms with Crippen LogP contribution in [0.4, 0.5) is 4.79 Å². The van der Waals surface area contributed by atoms with E-state index in [2.05, 4.69) is 33.3 Å². The van der Waals surface area contributed by atoms with Crippen LogP contribution in [-0.2, 0) is 12.8 Å². The van der Waals surface area contributed by atoms with Gasteiger partial charge in [0, 0.05) is 43.8 Å². The van der Waals surface area contributed by atoms with Crippen molar-refractivity contribution in [1.82, 2.24) is 15.1 Å². The number of amides is 2. The summed E-state index contributed by atoms with van der Waals surface area (Å²) in [6, 6.07) is 15.3. The van der Waals surface area contributed by atoms with E-state index >= 15 is 0 Å². The second kappa shape index (κ2) is 9.64. The van der Waals surface area contributed by atoms with Crippen molar-refractivity contribution in [3.8, 4) is 11.5 Å². The highest BCUT2D eigenvalue weighted by atomic mass is 16.5. The molecular formula is C27H35N3O3. The third-order valence-corrected chi connectivity index (χ3v) is 7.78. The smallest absolute Gasteiger partial charge is 0.317 e. The standard InChI is InChI=1S/C27H35N3O3/c1-32-25-11-10-21-22(26(25)33-2)13-16-29-18-20-9-6-15-30(23(20)17-24(21)29)27(31)28-14-12-19-7-4-3-5-8-19/h3-5,7-8,10-11,20,23-24H,6,9,12-18H2,1-2H3,(H,28,31)/t20-,23+,24+/m1/s1. The first-order valence-corrected chi connectivity index (χ1v) is 12.3. The number of hydrogen-bond donors (Lipinski definition) is 1. The molecule has 0 aliphatic carbocycles. The quantitative estimate of drug-likeness (QED) is 0.749. The van der Waals surface area contributed by atoms with Gasteiger partial charge in [0.15, 0.2) is 11.5 Å². The summed E-state index contributed by atoms with van der Waals surface area (Å²) in [5, 5.41) is 3.20. The molecule has 2 saturated heterocycles. The van der Waals surface area contributed by atoms with Gasteiger partial charge in [0.1, 0.15) is 0 Å². The highest BCUT2D eigenvalue weighted by molar-refractivity contribution is 5.74. The van der Waals surface area contributed by atoms with Gasteiger partial charge in [0.25, 0.3) is 0 Å². The van der Waals surface area contributed by atoms with Crippen LogP contribution in [0.25, 0.3) is 0 Å². The molecule has 3 heterocycles. The molecule has 6 heteroatoms. The lowest BCUT2D eigenvalue weighted by molar-refractivity contribution is 0.00551. The minimum atomic E-state index is 0.0948. The summed E-state index contributed by atoms with van der Waals surface area (Å²) in [6.07, 6.45) is 5.13. The number of fused-ring (bicyclic) bond motifs is 4. The number of benzene rings is 2. The fourth-order valence-electron chi connectivity index (χ4n) is 6.19. The Morgan fingerprint density at radius 2 is 1.94 bits per heavy atom. The Hall–Kier alpha value is -2.73. The van der Waals surface area contributed by atoms with E-state index in [-0.39, 0.29) is 12.1 Å². The summed E-state index contributed by atoms with van der Waals surface area (Å²) in [5.74, 6) is 2.22. The predicted octanol–water partition coefficient (Wildman–Crippen LogP) is 4.04.